The molecule has 5 atom stereocenters. The van der Waals surface area contributed by atoms with Crippen LogP contribution in [-0.2, 0) is 46.2 Å². The molecule has 4 N–H and O–H groups in total. The second kappa shape index (κ2) is 19.8. The number of aliphatic hydroxyl groups excluding tert-OH is 4. The Morgan fingerprint density at radius 1 is 0.766 bits per heavy atom. The van der Waals surface area contributed by atoms with Crippen molar-refractivity contribution in [3.63, 3.8) is 0 Å². The van der Waals surface area contributed by atoms with Gasteiger partial charge in [-0.1, -0.05) is 5.21 Å². The van der Waals surface area contributed by atoms with Gasteiger partial charge in [0.15, 0.2) is 6.29 Å². The van der Waals surface area contributed by atoms with E-state index in [1.807, 2.05) is 0 Å². The topological polar surface area (TPSA) is 193 Å². The predicted molar refractivity (Wildman–Crippen MR) is 143 cm³/mol. The maximum absolute atomic E-state index is 13.5. The second-order valence-corrected chi connectivity index (χ2v) is 9.86. The van der Waals surface area contributed by atoms with Crippen molar-refractivity contribution in [2.24, 2.45) is 0 Å². The maximum atomic E-state index is 13.5. The van der Waals surface area contributed by atoms with Crippen LogP contribution in [0.4, 0.5) is 22.0 Å². The summed E-state index contributed by atoms with van der Waals surface area (Å²) in [5.74, 6) is -14.2. The number of carbonyl (C=O) groups is 1. The van der Waals surface area contributed by atoms with Gasteiger partial charge < -0.3 is 53.6 Å². The van der Waals surface area contributed by atoms with Crippen molar-refractivity contribution < 1.29 is 80.3 Å². The zero-order valence-corrected chi connectivity index (χ0v) is 24.9. The molecule has 266 valence electrons. The Morgan fingerprint density at radius 3 is 1.91 bits per heavy atom. The zero-order chi connectivity index (χ0) is 34.3. The van der Waals surface area contributed by atoms with Gasteiger partial charge in [0.2, 0.25) is 34.8 Å². The first-order valence-electron chi connectivity index (χ1n) is 14.4. The van der Waals surface area contributed by atoms with E-state index >= 15 is 0 Å². The Balaban J connectivity index is 1.13. The minimum atomic E-state index is -2.36. The molecule has 0 aliphatic carbocycles. The number of aromatic nitrogens is 3. The first-order chi connectivity index (χ1) is 22.5. The number of ether oxygens (including phenoxy) is 7. The number of aliphatic hydroxyl groups is 4. The summed E-state index contributed by atoms with van der Waals surface area (Å²) in [5, 5.41) is 46.8. The molecule has 1 aromatic carbocycles. The highest BCUT2D eigenvalue weighted by Crippen LogP contribution is 2.29. The zero-order valence-electron chi connectivity index (χ0n) is 24.9. The molecule has 1 aliphatic heterocycles. The van der Waals surface area contributed by atoms with Gasteiger partial charge >= 0.3 is 5.97 Å². The number of hydrogen-bond acceptors (Lipinski definition) is 14. The molecule has 20 heteroatoms. The van der Waals surface area contributed by atoms with Crippen molar-refractivity contribution in [3.8, 4) is 5.75 Å². The summed E-state index contributed by atoms with van der Waals surface area (Å²) >= 11 is 0. The molecule has 0 unspecified atom stereocenters. The summed E-state index contributed by atoms with van der Waals surface area (Å²) in [4.78, 5) is 11.6. The number of nitrogens with zero attached hydrogens (tertiary/aromatic N) is 3. The molecule has 15 nitrogen and oxygen atoms in total. The highest BCUT2D eigenvalue weighted by molar-refractivity contribution is 5.72. The minimum Gasteiger partial charge on any atom is -0.420 e. The van der Waals surface area contributed by atoms with Crippen LogP contribution in [0.1, 0.15) is 12.1 Å². The van der Waals surface area contributed by atoms with E-state index in [1.54, 1.807) is 10.9 Å². The molecule has 2 aromatic rings. The summed E-state index contributed by atoms with van der Waals surface area (Å²) in [6.45, 7) is 1.29. The fourth-order valence-electron chi connectivity index (χ4n) is 3.96. The van der Waals surface area contributed by atoms with E-state index in [0.29, 0.717) is 38.5 Å². The summed E-state index contributed by atoms with van der Waals surface area (Å²) in [6.07, 6.45) is -5.25. The summed E-state index contributed by atoms with van der Waals surface area (Å²) in [5.41, 5.74) is 0.594. The van der Waals surface area contributed by atoms with Crippen LogP contribution in [0.5, 0.6) is 5.75 Å². The minimum absolute atomic E-state index is 0.0498. The van der Waals surface area contributed by atoms with Gasteiger partial charge in [0.25, 0.3) is 0 Å². The summed E-state index contributed by atoms with van der Waals surface area (Å²) in [7, 11) is 0. The molecule has 1 aliphatic rings. The van der Waals surface area contributed by atoms with Crippen LogP contribution >= 0.6 is 0 Å². The van der Waals surface area contributed by atoms with Crippen LogP contribution < -0.4 is 4.74 Å². The molecule has 0 spiro atoms. The molecule has 47 heavy (non-hydrogen) atoms. The van der Waals surface area contributed by atoms with E-state index < -0.39 is 84.5 Å². The third-order valence-corrected chi connectivity index (χ3v) is 6.49. The smallest absolute Gasteiger partial charge is 0.313 e. The largest absolute Gasteiger partial charge is 0.420 e. The Hall–Kier alpha value is -2.92. The van der Waals surface area contributed by atoms with E-state index in [0.717, 1.165) is 0 Å². The molecule has 2 heterocycles. The van der Waals surface area contributed by atoms with Gasteiger partial charge in [0.05, 0.1) is 84.7 Å². The average Bonchev–Trinajstić information content (AvgIpc) is 3.52. The first-order valence-corrected chi connectivity index (χ1v) is 14.4. The molecule has 1 saturated heterocycles. The molecule has 3 rings (SSSR count). The first kappa shape index (κ1) is 38.5. The van der Waals surface area contributed by atoms with Gasteiger partial charge in [-0.2, -0.15) is 8.78 Å². The van der Waals surface area contributed by atoms with E-state index in [2.05, 4.69) is 15.0 Å². The molecule has 0 radical (unpaired) electrons. The molecular weight excluding hydrogens is 653 g/mol. The van der Waals surface area contributed by atoms with Crippen molar-refractivity contribution in [3.05, 3.63) is 41.0 Å². The number of halogens is 5. The number of rotatable bonds is 21. The lowest BCUT2D eigenvalue weighted by molar-refractivity contribution is -0.300. The van der Waals surface area contributed by atoms with Crippen LogP contribution in [0.15, 0.2) is 6.20 Å². The normalized spacial score (nSPS) is 21.3. The molecular formula is C27H36F5N3O12. The Labute approximate surface area is 264 Å². The molecule has 0 amide bonds. The van der Waals surface area contributed by atoms with Crippen LogP contribution in [0.2, 0.25) is 0 Å². The SMILES string of the molecule is O=C(CCOCCOCCOCCOCCn1cc(CCO[C@@H]2O[C@H](CO)[C@H](O)[C@H](O)[C@H]2O)nn1)Oc1c(F)c(F)c(F)c(F)c1F. The number of benzene rings is 1. The Morgan fingerprint density at radius 2 is 1.32 bits per heavy atom. The lowest BCUT2D eigenvalue weighted by atomic mass is 9.99. The number of hydrogen-bond donors (Lipinski definition) is 4. The van der Waals surface area contributed by atoms with Crippen LogP contribution in [-0.4, -0.2) is 138 Å². The standard InChI is InChI=1S/C27H36F5N3O12/c28-18-19(29)21(31)26(22(32)20(18)30)47-17(37)2-4-41-7-9-43-11-12-44-10-8-42-6-3-35-13-15(33-34-35)1-5-45-27-25(40)24(39)23(38)16(14-36)46-27/h13,16,23-25,27,36,38-40H,1-12,14H2/t16-,23+,24+,25-,27-/m1/s1. The van der Waals surface area contributed by atoms with Crippen LogP contribution in [0.3, 0.4) is 0 Å². The lowest BCUT2D eigenvalue weighted by Gasteiger charge is -2.39. The van der Waals surface area contributed by atoms with Crippen molar-refractivity contribution in [1.82, 2.24) is 15.0 Å². The highest BCUT2D eigenvalue weighted by atomic mass is 19.2. The van der Waals surface area contributed by atoms with Gasteiger partial charge in [0.1, 0.15) is 24.4 Å². The number of carbonyl (C=O) groups excluding carboxylic acids is 1. The van der Waals surface area contributed by atoms with E-state index in [4.69, 9.17) is 28.4 Å². The van der Waals surface area contributed by atoms with Gasteiger partial charge in [-0.3, -0.25) is 4.79 Å². The third kappa shape index (κ3) is 11.6. The van der Waals surface area contributed by atoms with E-state index in [-0.39, 0.29) is 39.6 Å². The van der Waals surface area contributed by atoms with Gasteiger partial charge in [-0.15, -0.1) is 5.10 Å². The van der Waals surface area contributed by atoms with Crippen molar-refractivity contribution in [1.29, 1.82) is 0 Å². The maximum Gasteiger partial charge on any atom is 0.313 e. The fourth-order valence-corrected chi connectivity index (χ4v) is 3.96. The third-order valence-electron chi connectivity index (χ3n) is 6.49. The predicted octanol–water partition coefficient (Wildman–Crippen LogP) is -0.605. The second-order valence-electron chi connectivity index (χ2n) is 9.86. The van der Waals surface area contributed by atoms with E-state index in [9.17, 15) is 47.2 Å². The number of esters is 1. The van der Waals surface area contributed by atoms with Gasteiger partial charge in [-0.05, 0) is 0 Å². The quantitative estimate of drug-likeness (QED) is 0.0324. The Bertz CT molecular complexity index is 1230. The summed E-state index contributed by atoms with van der Waals surface area (Å²) in [6, 6.07) is 0. The van der Waals surface area contributed by atoms with Gasteiger partial charge in [0, 0.05) is 12.6 Å². The van der Waals surface area contributed by atoms with Crippen LogP contribution in [0.25, 0.3) is 0 Å². The molecule has 0 bridgehead atoms. The fraction of sp³-hybridized carbons (Fsp3) is 0.667. The van der Waals surface area contributed by atoms with E-state index in [1.165, 1.54) is 0 Å². The van der Waals surface area contributed by atoms with Crippen molar-refractivity contribution in [2.45, 2.75) is 50.1 Å². The van der Waals surface area contributed by atoms with Gasteiger partial charge in [-0.25, -0.2) is 17.9 Å². The molecule has 0 saturated carbocycles. The Kier molecular flexibility index (Phi) is 16.2. The molecule has 1 aromatic heterocycles. The van der Waals surface area contributed by atoms with Crippen molar-refractivity contribution >= 4 is 5.97 Å². The lowest BCUT2D eigenvalue weighted by Crippen LogP contribution is -2.59. The summed E-state index contributed by atoms with van der Waals surface area (Å²) < 4.78 is 104. The molecule has 1 fully saturated rings. The highest BCUT2D eigenvalue weighted by Gasteiger charge is 2.44. The van der Waals surface area contributed by atoms with Crippen molar-refractivity contribution in [2.75, 3.05) is 66.1 Å². The average molecular weight is 690 g/mol. The monoisotopic (exact) mass is 689 g/mol. The van der Waals surface area contributed by atoms with Crippen LogP contribution in [0, 0.1) is 29.1 Å².